The van der Waals surface area contributed by atoms with Crippen LogP contribution in [0, 0.1) is 5.92 Å². The van der Waals surface area contributed by atoms with Crippen molar-refractivity contribution in [2.24, 2.45) is 5.92 Å². The summed E-state index contributed by atoms with van der Waals surface area (Å²) in [6.07, 6.45) is 0.797. The van der Waals surface area contributed by atoms with Crippen molar-refractivity contribution in [1.29, 1.82) is 0 Å². The van der Waals surface area contributed by atoms with Crippen LogP contribution < -0.4 is 5.32 Å². The number of carbonyl (C=O) groups is 1. The Morgan fingerprint density at radius 3 is 2.45 bits per heavy atom. The van der Waals surface area contributed by atoms with Gasteiger partial charge in [0.15, 0.2) is 0 Å². The Morgan fingerprint density at radius 2 is 2.09 bits per heavy atom. The highest BCUT2D eigenvalue weighted by molar-refractivity contribution is 5.68. The summed E-state index contributed by atoms with van der Waals surface area (Å²) in [5.74, 6) is 0.338. The largest absolute Gasteiger partial charge is 0.446 e. The maximum atomic E-state index is 10.8. The lowest BCUT2D eigenvalue weighted by Gasteiger charge is -2.15. The van der Waals surface area contributed by atoms with Gasteiger partial charge < -0.3 is 4.74 Å². The number of ether oxygens (including phenoxy) is 1. The van der Waals surface area contributed by atoms with Gasteiger partial charge in [0.1, 0.15) is 6.10 Å². The van der Waals surface area contributed by atoms with Crippen molar-refractivity contribution < 1.29 is 9.53 Å². The van der Waals surface area contributed by atoms with Crippen molar-refractivity contribution >= 4 is 6.09 Å². The molecule has 0 rings (SSSR count). The average molecular weight is 157 g/mol. The molecular formula is C8H15NO2. The second-order valence-corrected chi connectivity index (χ2v) is 2.70. The van der Waals surface area contributed by atoms with Crippen LogP contribution >= 0.6 is 0 Å². The first-order chi connectivity index (χ1) is 5.07. The van der Waals surface area contributed by atoms with Crippen LogP contribution in [-0.4, -0.2) is 12.2 Å². The molecule has 1 unspecified atom stereocenters. The van der Waals surface area contributed by atoms with E-state index in [1.165, 1.54) is 6.20 Å². The highest BCUT2D eigenvalue weighted by Crippen LogP contribution is 2.04. The Kier molecular flexibility index (Phi) is 4.34. The molecule has 64 valence electrons. The van der Waals surface area contributed by atoms with E-state index in [9.17, 15) is 4.79 Å². The Labute approximate surface area is 67.4 Å². The lowest BCUT2D eigenvalue weighted by Crippen LogP contribution is -2.26. The van der Waals surface area contributed by atoms with E-state index >= 15 is 0 Å². The van der Waals surface area contributed by atoms with Gasteiger partial charge in [-0.3, -0.25) is 5.32 Å². The van der Waals surface area contributed by atoms with Gasteiger partial charge in [-0.2, -0.15) is 0 Å². The van der Waals surface area contributed by atoms with Crippen molar-refractivity contribution in [3.8, 4) is 0 Å². The van der Waals surface area contributed by atoms with Crippen LogP contribution in [0.4, 0.5) is 4.79 Å². The van der Waals surface area contributed by atoms with Crippen LogP contribution in [0.2, 0.25) is 0 Å². The molecule has 0 aromatic heterocycles. The van der Waals surface area contributed by atoms with E-state index in [0.717, 1.165) is 0 Å². The van der Waals surface area contributed by atoms with Gasteiger partial charge >= 0.3 is 6.09 Å². The topological polar surface area (TPSA) is 38.3 Å². The third kappa shape index (κ3) is 4.42. The van der Waals surface area contributed by atoms with Crippen LogP contribution in [0.5, 0.6) is 0 Å². The fourth-order valence-corrected chi connectivity index (χ4v) is 0.422. The molecule has 1 atom stereocenters. The first-order valence-corrected chi connectivity index (χ1v) is 3.66. The highest BCUT2D eigenvalue weighted by Gasteiger charge is 2.10. The lowest BCUT2D eigenvalue weighted by molar-refractivity contribution is 0.0850. The number of amides is 1. The molecule has 1 N–H and O–H groups in total. The van der Waals surface area contributed by atoms with E-state index in [2.05, 4.69) is 11.9 Å². The molecule has 0 saturated heterocycles. The molecule has 0 aromatic rings. The molecule has 0 bridgehead atoms. The van der Waals surface area contributed by atoms with Crippen LogP contribution in [0.15, 0.2) is 12.8 Å². The third-order valence-corrected chi connectivity index (χ3v) is 1.45. The number of hydrogen-bond acceptors (Lipinski definition) is 2. The highest BCUT2D eigenvalue weighted by atomic mass is 16.6. The monoisotopic (exact) mass is 157 g/mol. The molecule has 1 amide bonds. The quantitative estimate of drug-likeness (QED) is 0.679. The Morgan fingerprint density at radius 1 is 1.55 bits per heavy atom. The number of carbonyl (C=O) groups excluding carboxylic acids is 1. The van der Waals surface area contributed by atoms with Crippen molar-refractivity contribution in [2.75, 3.05) is 0 Å². The normalized spacial score (nSPS) is 12.4. The zero-order valence-electron chi connectivity index (χ0n) is 7.26. The minimum absolute atomic E-state index is 0.0602. The number of nitrogens with one attached hydrogen (secondary N) is 1. The van der Waals surface area contributed by atoms with Crippen molar-refractivity contribution in [3.05, 3.63) is 12.8 Å². The molecule has 0 radical (unpaired) electrons. The zero-order chi connectivity index (χ0) is 8.85. The summed E-state index contributed by atoms with van der Waals surface area (Å²) < 4.78 is 4.93. The first kappa shape index (κ1) is 10.0. The van der Waals surface area contributed by atoms with E-state index in [1.807, 2.05) is 20.8 Å². The number of rotatable bonds is 3. The molecule has 0 heterocycles. The zero-order valence-corrected chi connectivity index (χ0v) is 7.26. The number of hydrogen-bond donors (Lipinski definition) is 1. The molecule has 0 fully saturated rings. The standard InChI is InChI=1S/C8H15NO2/c1-5-9-8(10)11-7(4)6(2)3/h5-7H,1H2,2-4H3,(H,9,10). The second kappa shape index (κ2) is 4.77. The van der Waals surface area contributed by atoms with Crippen LogP contribution in [0.25, 0.3) is 0 Å². The molecule has 3 heteroatoms. The van der Waals surface area contributed by atoms with Crippen molar-refractivity contribution in [2.45, 2.75) is 26.9 Å². The summed E-state index contributed by atoms with van der Waals surface area (Å²) in [7, 11) is 0. The summed E-state index contributed by atoms with van der Waals surface area (Å²) >= 11 is 0. The maximum Gasteiger partial charge on any atom is 0.411 e. The number of alkyl carbamates (subject to hydrolysis) is 1. The van der Waals surface area contributed by atoms with Crippen LogP contribution in [0.3, 0.4) is 0 Å². The average Bonchev–Trinajstić information content (AvgIpc) is 1.87. The summed E-state index contributed by atoms with van der Waals surface area (Å²) in [4.78, 5) is 10.8. The van der Waals surface area contributed by atoms with Gasteiger partial charge in [-0.1, -0.05) is 20.4 Å². The fraction of sp³-hybridized carbons (Fsp3) is 0.625. The molecular weight excluding hydrogens is 142 g/mol. The van der Waals surface area contributed by atoms with Gasteiger partial charge in [-0.05, 0) is 19.0 Å². The van der Waals surface area contributed by atoms with Gasteiger partial charge in [0.2, 0.25) is 0 Å². The molecule has 3 nitrogen and oxygen atoms in total. The Hall–Kier alpha value is -0.990. The molecule has 0 aliphatic carbocycles. The molecule has 0 aliphatic heterocycles. The lowest BCUT2D eigenvalue weighted by atomic mass is 10.1. The minimum Gasteiger partial charge on any atom is -0.446 e. The van der Waals surface area contributed by atoms with E-state index in [-0.39, 0.29) is 6.10 Å². The summed E-state index contributed by atoms with van der Waals surface area (Å²) in [6, 6.07) is 0. The minimum atomic E-state index is -0.443. The second-order valence-electron chi connectivity index (χ2n) is 2.70. The maximum absolute atomic E-state index is 10.8. The molecule has 0 saturated carbocycles. The summed E-state index contributed by atoms with van der Waals surface area (Å²) in [6.45, 7) is 9.18. The van der Waals surface area contributed by atoms with E-state index in [1.54, 1.807) is 0 Å². The smallest absolute Gasteiger partial charge is 0.411 e. The van der Waals surface area contributed by atoms with E-state index < -0.39 is 6.09 Å². The van der Waals surface area contributed by atoms with Gasteiger partial charge in [0.25, 0.3) is 0 Å². The van der Waals surface area contributed by atoms with Crippen LogP contribution in [-0.2, 0) is 4.74 Å². The van der Waals surface area contributed by atoms with Gasteiger partial charge in [0, 0.05) is 0 Å². The predicted octanol–water partition coefficient (Wildman–Crippen LogP) is 1.90. The van der Waals surface area contributed by atoms with E-state index in [0.29, 0.717) is 5.92 Å². The summed E-state index contributed by atoms with van der Waals surface area (Å²) in [5.41, 5.74) is 0. The van der Waals surface area contributed by atoms with Crippen molar-refractivity contribution in [1.82, 2.24) is 5.32 Å². The molecule has 11 heavy (non-hydrogen) atoms. The SMILES string of the molecule is C=CNC(=O)OC(C)C(C)C. The fourth-order valence-electron chi connectivity index (χ4n) is 0.422. The van der Waals surface area contributed by atoms with Gasteiger partial charge in [-0.25, -0.2) is 4.79 Å². The molecule has 0 aliphatic rings. The third-order valence-electron chi connectivity index (χ3n) is 1.45. The molecule has 0 spiro atoms. The van der Waals surface area contributed by atoms with Crippen molar-refractivity contribution in [3.63, 3.8) is 0 Å². The predicted molar refractivity (Wildman–Crippen MR) is 44.1 cm³/mol. The Balaban J connectivity index is 3.65. The summed E-state index contributed by atoms with van der Waals surface area (Å²) in [5, 5.41) is 2.33. The van der Waals surface area contributed by atoms with Crippen LogP contribution in [0.1, 0.15) is 20.8 Å². The first-order valence-electron chi connectivity index (χ1n) is 3.66. The van der Waals surface area contributed by atoms with E-state index in [4.69, 9.17) is 4.74 Å². The van der Waals surface area contributed by atoms with Gasteiger partial charge in [-0.15, -0.1) is 0 Å². The Bertz CT molecular complexity index is 143. The van der Waals surface area contributed by atoms with Gasteiger partial charge in [0.05, 0.1) is 0 Å². The molecule has 0 aromatic carbocycles.